The molecule has 9 heteroatoms. The van der Waals surface area contributed by atoms with E-state index in [0.29, 0.717) is 11.2 Å². The zero-order valence-electron chi connectivity index (χ0n) is 9.04. The molecule has 0 unspecified atom stereocenters. The van der Waals surface area contributed by atoms with Crippen LogP contribution in [0.5, 0.6) is 0 Å². The second kappa shape index (κ2) is 4.91. The summed E-state index contributed by atoms with van der Waals surface area (Å²) in [5, 5.41) is 0. The number of nitrogens with one attached hydrogen (secondary N) is 3. The van der Waals surface area contributed by atoms with E-state index in [-0.39, 0.29) is 11.4 Å². The Bertz CT molecular complexity index is 757. The van der Waals surface area contributed by atoms with Gasteiger partial charge in [-0.3, -0.25) is 4.79 Å². The number of aromatic amines is 3. The summed E-state index contributed by atoms with van der Waals surface area (Å²) in [7, 11) is 0. The van der Waals surface area contributed by atoms with E-state index in [1.807, 2.05) is 0 Å². The first-order chi connectivity index (χ1) is 8.66. The van der Waals surface area contributed by atoms with Crippen molar-refractivity contribution in [2.24, 2.45) is 0 Å². The first-order valence-electron chi connectivity index (χ1n) is 4.85. The van der Waals surface area contributed by atoms with Crippen LogP contribution < -0.4 is 17.0 Å². The highest BCUT2D eigenvalue weighted by atomic mass is 16.1. The lowest BCUT2D eigenvalue weighted by Gasteiger charge is -1.83. The summed E-state index contributed by atoms with van der Waals surface area (Å²) in [5.74, 6) is 0.244. The molecule has 0 radical (unpaired) electrons. The summed E-state index contributed by atoms with van der Waals surface area (Å²) in [6, 6.07) is 1.52. The number of nitrogens with two attached hydrogens (primary N) is 1. The Morgan fingerprint density at radius 2 is 1.78 bits per heavy atom. The zero-order valence-corrected chi connectivity index (χ0v) is 9.04. The van der Waals surface area contributed by atoms with Crippen molar-refractivity contribution in [1.29, 1.82) is 0 Å². The van der Waals surface area contributed by atoms with E-state index in [0.717, 1.165) is 0 Å². The van der Waals surface area contributed by atoms with Crippen molar-refractivity contribution >= 4 is 17.0 Å². The predicted molar refractivity (Wildman–Crippen MR) is 63.8 cm³/mol. The molecule has 18 heavy (non-hydrogen) atoms. The first kappa shape index (κ1) is 11.5. The molecule has 3 rings (SSSR count). The number of rotatable bonds is 0. The largest absolute Gasteiger partial charge is 0.383 e. The van der Waals surface area contributed by atoms with E-state index < -0.39 is 5.69 Å². The Hall–Kier alpha value is -2.97. The van der Waals surface area contributed by atoms with Crippen molar-refractivity contribution in [1.82, 2.24) is 29.9 Å². The number of aromatic nitrogens is 6. The SMILES string of the molecule is Nc1cc[nH]c(=O)n1.O=c1[nH]cnc2nc[nH]c12. The van der Waals surface area contributed by atoms with Crippen molar-refractivity contribution in [2.75, 3.05) is 5.73 Å². The van der Waals surface area contributed by atoms with E-state index in [9.17, 15) is 9.59 Å². The summed E-state index contributed by atoms with van der Waals surface area (Å²) in [6.07, 6.45) is 4.21. The maximum atomic E-state index is 10.9. The van der Waals surface area contributed by atoms with Gasteiger partial charge in [-0.15, -0.1) is 0 Å². The van der Waals surface area contributed by atoms with Crippen molar-refractivity contribution in [2.45, 2.75) is 0 Å². The molecule has 3 heterocycles. The Balaban J connectivity index is 0.000000138. The standard InChI is InChI=1S/C5H4N4O.C4H5N3O/c10-5-3-4(7-1-6-3)8-2-9-5;5-3-1-2-6-4(8)7-3/h1-2H,(H2,6,7,8,9,10);1-2H,(H3,5,6,7,8). The summed E-state index contributed by atoms with van der Waals surface area (Å²) in [5.41, 5.74) is 5.39. The van der Waals surface area contributed by atoms with Crippen LogP contribution >= 0.6 is 0 Å². The second-order valence-electron chi connectivity index (χ2n) is 3.15. The third-order valence-electron chi connectivity index (χ3n) is 1.92. The van der Waals surface area contributed by atoms with Crippen LogP contribution in [0.1, 0.15) is 0 Å². The van der Waals surface area contributed by atoms with Crippen LogP contribution in [-0.2, 0) is 0 Å². The molecule has 0 aliphatic rings. The molecule has 0 spiro atoms. The molecule has 9 nitrogen and oxygen atoms in total. The monoisotopic (exact) mass is 247 g/mol. The topological polar surface area (TPSA) is 146 Å². The Labute approximate surface area is 99.1 Å². The minimum absolute atomic E-state index is 0.192. The Kier molecular flexibility index (Phi) is 3.14. The molecule has 0 saturated heterocycles. The van der Waals surface area contributed by atoms with Gasteiger partial charge in [0.2, 0.25) is 0 Å². The third-order valence-corrected chi connectivity index (χ3v) is 1.92. The maximum Gasteiger partial charge on any atom is 0.346 e. The quantitative estimate of drug-likeness (QED) is 0.400. The molecule has 5 N–H and O–H groups in total. The van der Waals surface area contributed by atoms with Gasteiger partial charge >= 0.3 is 5.69 Å². The minimum atomic E-state index is -0.412. The Morgan fingerprint density at radius 1 is 1.06 bits per heavy atom. The van der Waals surface area contributed by atoms with Crippen molar-refractivity contribution in [3.63, 3.8) is 0 Å². The average molecular weight is 247 g/mol. The maximum absolute atomic E-state index is 10.9. The highest BCUT2D eigenvalue weighted by Gasteiger charge is 1.97. The Morgan fingerprint density at radius 3 is 2.33 bits per heavy atom. The van der Waals surface area contributed by atoms with Crippen molar-refractivity contribution in [3.05, 3.63) is 45.8 Å². The summed E-state index contributed by atoms with van der Waals surface area (Å²) in [6.45, 7) is 0. The summed E-state index contributed by atoms with van der Waals surface area (Å²) < 4.78 is 0. The smallest absolute Gasteiger partial charge is 0.346 e. The van der Waals surface area contributed by atoms with E-state index in [1.165, 1.54) is 24.9 Å². The fourth-order valence-corrected chi connectivity index (χ4v) is 1.16. The van der Waals surface area contributed by atoms with Gasteiger partial charge in [0.1, 0.15) is 5.82 Å². The third kappa shape index (κ3) is 2.58. The van der Waals surface area contributed by atoms with Gasteiger partial charge in [-0.05, 0) is 6.07 Å². The molecule has 3 aromatic heterocycles. The molecule has 0 fully saturated rings. The lowest BCUT2D eigenvalue weighted by Crippen LogP contribution is -2.10. The normalized spacial score (nSPS) is 9.78. The van der Waals surface area contributed by atoms with E-state index >= 15 is 0 Å². The van der Waals surface area contributed by atoms with Crippen LogP contribution in [0.15, 0.2) is 34.5 Å². The summed E-state index contributed by atoms with van der Waals surface area (Å²) in [4.78, 5) is 39.5. The van der Waals surface area contributed by atoms with Gasteiger partial charge in [0, 0.05) is 6.20 Å². The number of nitrogens with zero attached hydrogens (tertiary/aromatic N) is 3. The molecule has 0 amide bonds. The van der Waals surface area contributed by atoms with E-state index in [1.54, 1.807) is 0 Å². The fourth-order valence-electron chi connectivity index (χ4n) is 1.16. The van der Waals surface area contributed by atoms with Gasteiger partial charge in [-0.1, -0.05) is 0 Å². The van der Waals surface area contributed by atoms with Crippen molar-refractivity contribution in [3.8, 4) is 0 Å². The van der Waals surface area contributed by atoms with E-state index in [2.05, 4.69) is 29.9 Å². The number of anilines is 1. The van der Waals surface area contributed by atoms with Crippen LogP contribution in [0.25, 0.3) is 11.2 Å². The molecule has 0 aliphatic carbocycles. The van der Waals surface area contributed by atoms with E-state index in [4.69, 9.17) is 5.73 Å². The highest BCUT2D eigenvalue weighted by Crippen LogP contribution is 1.94. The van der Waals surface area contributed by atoms with Gasteiger partial charge < -0.3 is 20.7 Å². The predicted octanol–water partition coefficient (Wildman–Crippen LogP) is -1.00. The van der Waals surface area contributed by atoms with Crippen LogP contribution in [0, 0.1) is 0 Å². The number of fused-ring (bicyclic) bond motifs is 1. The molecule has 3 aromatic rings. The second-order valence-corrected chi connectivity index (χ2v) is 3.15. The number of hydrogen-bond acceptors (Lipinski definition) is 6. The lowest BCUT2D eigenvalue weighted by atomic mass is 10.6. The van der Waals surface area contributed by atoms with Gasteiger partial charge in [0.25, 0.3) is 5.56 Å². The van der Waals surface area contributed by atoms with Gasteiger partial charge in [0.05, 0.1) is 12.7 Å². The fraction of sp³-hybridized carbons (Fsp3) is 0. The molecule has 0 bridgehead atoms. The van der Waals surface area contributed by atoms with Crippen LogP contribution in [-0.4, -0.2) is 29.9 Å². The molecule has 0 aromatic carbocycles. The van der Waals surface area contributed by atoms with Gasteiger partial charge in [-0.2, -0.15) is 4.98 Å². The first-order valence-corrected chi connectivity index (χ1v) is 4.85. The number of H-pyrrole nitrogens is 3. The molecule has 0 atom stereocenters. The highest BCUT2D eigenvalue weighted by molar-refractivity contribution is 5.67. The summed E-state index contributed by atoms with van der Waals surface area (Å²) >= 11 is 0. The molecule has 0 aliphatic heterocycles. The molecule has 92 valence electrons. The lowest BCUT2D eigenvalue weighted by molar-refractivity contribution is 1.08. The molecule has 0 saturated carbocycles. The molecular formula is C9H9N7O2. The average Bonchev–Trinajstić information content (AvgIpc) is 2.79. The number of imidazole rings is 1. The number of nitrogen functional groups attached to an aromatic ring is 1. The molecular weight excluding hydrogens is 238 g/mol. The van der Waals surface area contributed by atoms with Crippen LogP contribution in [0.2, 0.25) is 0 Å². The van der Waals surface area contributed by atoms with Gasteiger partial charge in [-0.25, -0.2) is 14.8 Å². The van der Waals surface area contributed by atoms with Gasteiger partial charge in [0.15, 0.2) is 11.2 Å². The van der Waals surface area contributed by atoms with Crippen LogP contribution in [0.4, 0.5) is 5.82 Å². The zero-order chi connectivity index (χ0) is 13.0. The van der Waals surface area contributed by atoms with Crippen molar-refractivity contribution < 1.29 is 0 Å². The number of hydrogen-bond donors (Lipinski definition) is 4. The minimum Gasteiger partial charge on any atom is -0.383 e. The van der Waals surface area contributed by atoms with Crippen LogP contribution in [0.3, 0.4) is 0 Å².